The number of amides is 1. The fourth-order valence-corrected chi connectivity index (χ4v) is 4.10. The van der Waals surface area contributed by atoms with Gasteiger partial charge in [0.2, 0.25) is 0 Å². The van der Waals surface area contributed by atoms with Gasteiger partial charge < -0.3 is 5.32 Å². The molecule has 2 aliphatic heterocycles. The van der Waals surface area contributed by atoms with Crippen LogP contribution in [0.1, 0.15) is 41.9 Å². The van der Waals surface area contributed by atoms with Crippen LogP contribution in [0.5, 0.6) is 0 Å². The average Bonchev–Trinajstić information content (AvgIpc) is 3.03. The first-order valence-electron chi connectivity index (χ1n) is 9.91. The zero-order valence-corrected chi connectivity index (χ0v) is 16.6. The Kier molecular flexibility index (Phi) is 5.77. The number of piperidine rings is 1. The highest BCUT2D eigenvalue weighted by molar-refractivity contribution is 6.29. The van der Waals surface area contributed by atoms with Crippen LogP contribution in [-0.2, 0) is 19.5 Å². The smallest absolute Gasteiger partial charge is 0.345 e. The number of fused-ring (bicyclic) bond motifs is 1. The van der Waals surface area contributed by atoms with Crippen molar-refractivity contribution in [3.05, 3.63) is 45.4 Å². The van der Waals surface area contributed by atoms with Gasteiger partial charge in [-0.25, -0.2) is 14.5 Å². The first-order chi connectivity index (χ1) is 13.6. The van der Waals surface area contributed by atoms with E-state index < -0.39 is 0 Å². The number of hydrogen-bond donors (Lipinski definition) is 1. The van der Waals surface area contributed by atoms with Crippen molar-refractivity contribution in [3.63, 3.8) is 0 Å². The molecular weight excluding hydrogens is 380 g/mol. The Morgan fingerprint density at radius 3 is 2.89 bits per heavy atom. The van der Waals surface area contributed by atoms with E-state index in [1.165, 1.54) is 6.20 Å². The average molecular weight is 405 g/mol. The molecule has 0 saturated carbocycles. The number of carbonyl (C=O) groups is 1. The van der Waals surface area contributed by atoms with Gasteiger partial charge in [0.25, 0.3) is 5.91 Å². The van der Waals surface area contributed by atoms with Gasteiger partial charge in [0, 0.05) is 38.3 Å². The second kappa shape index (κ2) is 8.45. The van der Waals surface area contributed by atoms with E-state index in [0.29, 0.717) is 17.3 Å². The third-order valence-electron chi connectivity index (χ3n) is 5.49. The van der Waals surface area contributed by atoms with Crippen molar-refractivity contribution < 1.29 is 4.79 Å². The third kappa shape index (κ3) is 4.28. The van der Waals surface area contributed by atoms with E-state index in [0.717, 1.165) is 64.1 Å². The number of carbonyl (C=O) groups excluding carboxylic acids is 1. The predicted molar refractivity (Wildman–Crippen MR) is 106 cm³/mol. The van der Waals surface area contributed by atoms with Gasteiger partial charge in [-0.2, -0.15) is 5.10 Å². The number of rotatable bonds is 5. The number of nitrogens with one attached hydrogen (secondary N) is 1. The monoisotopic (exact) mass is 404 g/mol. The molecule has 1 saturated heterocycles. The first kappa shape index (κ1) is 19.1. The van der Waals surface area contributed by atoms with Gasteiger partial charge in [-0.15, -0.1) is 0 Å². The van der Waals surface area contributed by atoms with Gasteiger partial charge in [0.1, 0.15) is 11.0 Å². The number of likely N-dealkylation sites (tertiary alicyclic amines) is 1. The summed E-state index contributed by atoms with van der Waals surface area (Å²) in [6.45, 7) is 3.86. The molecule has 0 aromatic carbocycles. The standard InChI is InChI=1S/C19H25ClN6O2/c20-16-7-6-14(12-21-16)18(27)22-15-4-3-8-24(13-15)10-11-26-19(28)25-9-2-1-5-17(25)23-26/h6-7,12,15H,1-5,8-11,13H2,(H,22,27). The molecular formula is C19H25ClN6O2. The Morgan fingerprint density at radius 2 is 2.11 bits per heavy atom. The van der Waals surface area contributed by atoms with E-state index in [1.54, 1.807) is 16.8 Å². The third-order valence-corrected chi connectivity index (χ3v) is 5.71. The summed E-state index contributed by atoms with van der Waals surface area (Å²) in [7, 11) is 0. The molecule has 0 aliphatic carbocycles. The molecule has 0 bridgehead atoms. The van der Waals surface area contributed by atoms with Gasteiger partial charge in [-0.05, 0) is 44.4 Å². The van der Waals surface area contributed by atoms with Crippen LogP contribution in [0.15, 0.2) is 23.1 Å². The summed E-state index contributed by atoms with van der Waals surface area (Å²) < 4.78 is 3.41. The summed E-state index contributed by atoms with van der Waals surface area (Å²) in [6.07, 6.45) is 6.49. The Bertz CT molecular complexity index is 891. The topological polar surface area (TPSA) is 85.0 Å². The van der Waals surface area contributed by atoms with E-state index in [1.807, 2.05) is 4.57 Å². The molecule has 1 amide bonds. The second-order valence-corrected chi connectivity index (χ2v) is 7.90. The maximum atomic E-state index is 12.4. The summed E-state index contributed by atoms with van der Waals surface area (Å²) in [5.41, 5.74) is 0.517. The lowest BCUT2D eigenvalue weighted by Gasteiger charge is -2.33. The minimum absolute atomic E-state index is 0.00630. The summed E-state index contributed by atoms with van der Waals surface area (Å²) >= 11 is 5.78. The van der Waals surface area contributed by atoms with Gasteiger partial charge in [0.05, 0.1) is 12.1 Å². The number of halogens is 1. The number of aromatic nitrogens is 4. The molecule has 0 spiro atoms. The molecule has 2 aromatic heterocycles. The Labute approximate surface area is 168 Å². The number of hydrogen-bond acceptors (Lipinski definition) is 5. The quantitative estimate of drug-likeness (QED) is 0.760. The van der Waals surface area contributed by atoms with E-state index in [4.69, 9.17) is 11.6 Å². The minimum Gasteiger partial charge on any atom is -0.348 e. The Balaban J connectivity index is 1.31. The fraction of sp³-hybridized carbons (Fsp3) is 0.579. The van der Waals surface area contributed by atoms with Crippen LogP contribution in [0.4, 0.5) is 0 Å². The van der Waals surface area contributed by atoms with Gasteiger partial charge in [-0.1, -0.05) is 11.6 Å². The molecule has 28 heavy (non-hydrogen) atoms. The molecule has 2 aliphatic rings. The van der Waals surface area contributed by atoms with E-state index in [9.17, 15) is 9.59 Å². The highest BCUT2D eigenvalue weighted by atomic mass is 35.5. The minimum atomic E-state index is -0.131. The molecule has 9 heteroatoms. The maximum Gasteiger partial charge on any atom is 0.345 e. The largest absolute Gasteiger partial charge is 0.348 e. The van der Waals surface area contributed by atoms with Crippen molar-refractivity contribution >= 4 is 17.5 Å². The zero-order valence-electron chi connectivity index (χ0n) is 15.8. The lowest BCUT2D eigenvalue weighted by atomic mass is 10.1. The van der Waals surface area contributed by atoms with Crippen molar-refractivity contribution in [1.82, 2.24) is 29.5 Å². The van der Waals surface area contributed by atoms with Crippen molar-refractivity contribution in [2.45, 2.75) is 51.2 Å². The SMILES string of the molecule is O=C(NC1CCCN(CCn2nc3n(c2=O)CCCC3)C1)c1ccc(Cl)nc1. The van der Waals surface area contributed by atoms with E-state index >= 15 is 0 Å². The lowest BCUT2D eigenvalue weighted by Crippen LogP contribution is -2.48. The van der Waals surface area contributed by atoms with Crippen LogP contribution in [0.25, 0.3) is 0 Å². The highest BCUT2D eigenvalue weighted by Crippen LogP contribution is 2.13. The summed E-state index contributed by atoms with van der Waals surface area (Å²) in [5, 5.41) is 7.96. The maximum absolute atomic E-state index is 12.4. The van der Waals surface area contributed by atoms with E-state index in [2.05, 4.69) is 20.3 Å². The number of pyridine rings is 1. The van der Waals surface area contributed by atoms with Gasteiger partial charge in [0.15, 0.2) is 0 Å². The van der Waals surface area contributed by atoms with Crippen molar-refractivity contribution in [2.75, 3.05) is 19.6 Å². The van der Waals surface area contributed by atoms with Crippen LogP contribution in [0.3, 0.4) is 0 Å². The van der Waals surface area contributed by atoms with Crippen molar-refractivity contribution in [3.8, 4) is 0 Å². The molecule has 150 valence electrons. The highest BCUT2D eigenvalue weighted by Gasteiger charge is 2.23. The zero-order chi connectivity index (χ0) is 19.5. The van der Waals surface area contributed by atoms with E-state index in [-0.39, 0.29) is 17.6 Å². The molecule has 0 radical (unpaired) electrons. The molecule has 1 atom stereocenters. The molecule has 1 N–H and O–H groups in total. The van der Waals surface area contributed by atoms with Crippen molar-refractivity contribution in [2.24, 2.45) is 0 Å². The first-order valence-corrected chi connectivity index (χ1v) is 10.3. The van der Waals surface area contributed by atoms with Gasteiger partial charge >= 0.3 is 5.69 Å². The van der Waals surface area contributed by atoms with Crippen LogP contribution >= 0.6 is 11.6 Å². The predicted octanol–water partition coefficient (Wildman–Crippen LogP) is 1.32. The second-order valence-electron chi connectivity index (χ2n) is 7.51. The lowest BCUT2D eigenvalue weighted by molar-refractivity contribution is 0.0901. The van der Waals surface area contributed by atoms with Gasteiger partial charge in [-0.3, -0.25) is 14.3 Å². The van der Waals surface area contributed by atoms with Crippen molar-refractivity contribution in [1.29, 1.82) is 0 Å². The molecule has 1 fully saturated rings. The summed E-state index contributed by atoms with van der Waals surface area (Å²) in [5.74, 6) is 0.783. The van der Waals surface area contributed by atoms with Crippen LogP contribution in [0, 0.1) is 0 Å². The molecule has 4 rings (SSSR count). The summed E-state index contributed by atoms with van der Waals surface area (Å²) in [6, 6.07) is 3.38. The van der Waals surface area contributed by atoms with Crippen LogP contribution in [-0.4, -0.2) is 55.8 Å². The molecule has 4 heterocycles. The normalized spacial score (nSPS) is 20.0. The Hall–Kier alpha value is -2.19. The number of nitrogens with zero attached hydrogens (tertiary/aromatic N) is 5. The number of aryl methyl sites for hydroxylation is 1. The summed E-state index contributed by atoms with van der Waals surface area (Å²) in [4.78, 5) is 31.1. The molecule has 8 nitrogen and oxygen atoms in total. The fourth-order valence-electron chi connectivity index (χ4n) is 3.99. The Morgan fingerprint density at radius 1 is 1.21 bits per heavy atom. The van der Waals surface area contributed by atoms with Crippen LogP contribution in [0.2, 0.25) is 5.15 Å². The molecule has 1 unspecified atom stereocenters. The van der Waals surface area contributed by atoms with Crippen LogP contribution < -0.4 is 11.0 Å². The molecule has 2 aromatic rings.